The highest BCUT2D eigenvalue weighted by Gasteiger charge is 2.22. The Labute approximate surface area is 116 Å². The van der Waals surface area contributed by atoms with Crippen molar-refractivity contribution in [1.29, 1.82) is 0 Å². The number of carbonyl (C=O) groups is 1. The fourth-order valence-electron chi connectivity index (χ4n) is 2.25. The van der Waals surface area contributed by atoms with Crippen molar-refractivity contribution in [2.24, 2.45) is 5.92 Å². The Morgan fingerprint density at radius 1 is 1.42 bits per heavy atom. The van der Waals surface area contributed by atoms with Gasteiger partial charge in [0.05, 0.1) is 11.9 Å². The zero-order chi connectivity index (χ0) is 13.7. The number of halogens is 1. The Morgan fingerprint density at radius 2 is 2.21 bits per heavy atom. The molecule has 3 nitrogen and oxygen atoms in total. The lowest BCUT2D eigenvalue weighted by Gasteiger charge is -2.10. The highest BCUT2D eigenvalue weighted by Crippen LogP contribution is 2.25. The Balaban J connectivity index is 1.69. The van der Waals surface area contributed by atoms with Gasteiger partial charge in [-0.15, -0.1) is 11.8 Å². The topological polar surface area (TPSA) is 49.3 Å². The maximum absolute atomic E-state index is 13.3. The second-order valence-electron chi connectivity index (χ2n) is 4.86. The number of aliphatic hydroxyl groups is 1. The molecule has 0 aliphatic heterocycles. The number of nitrogens with one attached hydrogen (secondary N) is 1. The number of rotatable bonds is 5. The molecule has 104 valence electrons. The Bertz CT molecular complexity index is 441. The molecule has 2 rings (SSSR count). The van der Waals surface area contributed by atoms with Crippen LogP contribution in [0.3, 0.4) is 0 Å². The van der Waals surface area contributed by atoms with Gasteiger partial charge in [0.25, 0.3) is 0 Å². The monoisotopic (exact) mass is 283 g/mol. The lowest BCUT2D eigenvalue weighted by atomic mass is 10.1. The van der Waals surface area contributed by atoms with Crippen LogP contribution >= 0.6 is 11.8 Å². The van der Waals surface area contributed by atoms with E-state index in [1.807, 2.05) is 0 Å². The van der Waals surface area contributed by atoms with E-state index in [4.69, 9.17) is 0 Å². The summed E-state index contributed by atoms with van der Waals surface area (Å²) < 4.78 is 13.3. The fraction of sp³-hybridized carbons (Fsp3) is 0.500. The predicted octanol–water partition coefficient (Wildman–Crippen LogP) is 2.20. The molecular weight excluding hydrogens is 265 g/mol. The lowest BCUT2D eigenvalue weighted by molar-refractivity contribution is -0.118. The van der Waals surface area contributed by atoms with E-state index in [0.717, 1.165) is 19.3 Å². The highest BCUT2D eigenvalue weighted by molar-refractivity contribution is 8.00. The molecule has 0 spiro atoms. The summed E-state index contributed by atoms with van der Waals surface area (Å²) in [5.41, 5.74) is 0. The Hall–Kier alpha value is -1.07. The summed E-state index contributed by atoms with van der Waals surface area (Å²) in [7, 11) is 0. The molecule has 5 heteroatoms. The van der Waals surface area contributed by atoms with Gasteiger partial charge >= 0.3 is 0 Å². The molecule has 1 aromatic rings. The standard InChI is InChI=1S/C14H18FNO2S/c15-12-3-1-2-4-13(12)19-9-14(18)16-8-10-5-6-11(17)7-10/h1-4,10-11,17H,5-9H2,(H,16,18). The van der Waals surface area contributed by atoms with E-state index in [-0.39, 0.29) is 23.6 Å². The van der Waals surface area contributed by atoms with E-state index in [2.05, 4.69) is 5.32 Å². The molecule has 0 aromatic heterocycles. The second kappa shape index (κ2) is 6.91. The van der Waals surface area contributed by atoms with Crippen molar-refractivity contribution in [3.05, 3.63) is 30.1 Å². The van der Waals surface area contributed by atoms with Gasteiger partial charge in [-0.25, -0.2) is 4.39 Å². The van der Waals surface area contributed by atoms with Gasteiger partial charge in [0, 0.05) is 11.4 Å². The molecule has 0 bridgehead atoms. The van der Waals surface area contributed by atoms with Gasteiger partial charge < -0.3 is 10.4 Å². The highest BCUT2D eigenvalue weighted by atomic mass is 32.2. The van der Waals surface area contributed by atoms with Crippen molar-refractivity contribution in [1.82, 2.24) is 5.32 Å². The molecule has 1 aliphatic rings. The number of aliphatic hydroxyl groups excluding tert-OH is 1. The average molecular weight is 283 g/mol. The smallest absolute Gasteiger partial charge is 0.230 e. The van der Waals surface area contributed by atoms with Crippen LogP contribution in [0.2, 0.25) is 0 Å². The average Bonchev–Trinajstić information content (AvgIpc) is 2.81. The molecule has 1 saturated carbocycles. The number of hydrogen-bond donors (Lipinski definition) is 2. The number of thioether (sulfide) groups is 1. The van der Waals surface area contributed by atoms with Crippen LogP contribution in [0.1, 0.15) is 19.3 Å². The van der Waals surface area contributed by atoms with Crippen molar-refractivity contribution >= 4 is 17.7 Å². The molecule has 19 heavy (non-hydrogen) atoms. The fourth-order valence-corrected chi connectivity index (χ4v) is 3.02. The normalized spacial score (nSPS) is 22.4. The van der Waals surface area contributed by atoms with Crippen LogP contribution in [-0.4, -0.2) is 29.4 Å². The van der Waals surface area contributed by atoms with Gasteiger partial charge in [0.2, 0.25) is 5.91 Å². The van der Waals surface area contributed by atoms with Gasteiger partial charge in [-0.05, 0) is 37.3 Å². The molecule has 0 heterocycles. The number of benzene rings is 1. The van der Waals surface area contributed by atoms with E-state index in [9.17, 15) is 14.3 Å². The van der Waals surface area contributed by atoms with Crippen LogP contribution in [0.15, 0.2) is 29.2 Å². The van der Waals surface area contributed by atoms with Crippen LogP contribution < -0.4 is 5.32 Å². The number of carbonyl (C=O) groups excluding carboxylic acids is 1. The van der Waals surface area contributed by atoms with Crippen molar-refractivity contribution in [2.75, 3.05) is 12.3 Å². The number of amides is 1. The summed E-state index contributed by atoms with van der Waals surface area (Å²) in [6.07, 6.45) is 2.34. The quantitative estimate of drug-likeness (QED) is 0.815. The zero-order valence-electron chi connectivity index (χ0n) is 10.6. The summed E-state index contributed by atoms with van der Waals surface area (Å²) in [5, 5.41) is 12.2. The van der Waals surface area contributed by atoms with Crippen LogP contribution in [0.25, 0.3) is 0 Å². The van der Waals surface area contributed by atoms with E-state index in [0.29, 0.717) is 17.4 Å². The maximum Gasteiger partial charge on any atom is 0.230 e. The second-order valence-corrected chi connectivity index (χ2v) is 5.87. The van der Waals surface area contributed by atoms with E-state index in [1.54, 1.807) is 18.2 Å². The molecule has 2 N–H and O–H groups in total. The predicted molar refractivity (Wildman–Crippen MR) is 73.5 cm³/mol. The first-order chi connectivity index (χ1) is 9.15. The first-order valence-electron chi connectivity index (χ1n) is 6.47. The van der Waals surface area contributed by atoms with Gasteiger partial charge in [0.15, 0.2) is 0 Å². The molecule has 1 fully saturated rings. The minimum atomic E-state index is -0.292. The van der Waals surface area contributed by atoms with Crippen LogP contribution in [0.4, 0.5) is 4.39 Å². The summed E-state index contributed by atoms with van der Waals surface area (Å²) >= 11 is 1.20. The molecule has 1 aliphatic carbocycles. The molecule has 0 saturated heterocycles. The minimum Gasteiger partial charge on any atom is -0.393 e. The van der Waals surface area contributed by atoms with Crippen molar-refractivity contribution in [2.45, 2.75) is 30.3 Å². The first-order valence-corrected chi connectivity index (χ1v) is 7.46. The molecule has 2 unspecified atom stereocenters. The van der Waals surface area contributed by atoms with Crippen LogP contribution in [0.5, 0.6) is 0 Å². The summed E-state index contributed by atoms with van der Waals surface area (Å²) in [4.78, 5) is 12.1. The molecule has 0 radical (unpaired) electrons. The third kappa shape index (κ3) is 4.51. The summed E-state index contributed by atoms with van der Waals surface area (Å²) in [5.74, 6) is 0.210. The van der Waals surface area contributed by atoms with Crippen molar-refractivity contribution in [3.8, 4) is 0 Å². The van der Waals surface area contributed by atoms with Crippen molar-refractivity contribution in [3.63, 3.8) is 0 Å². The third-order valence-corrected chi connectivity index (χ3v) is 4.35. The van der Waals surface area contributed by atoms with Gasteiger partial charge in [-0.2, -0.15) is 0 Å². The van der Waals surface area contributed by atoms with Crippen LogP contribution in [-0.2, 0) is 4.79 Å². The molecule has 1 amide bonds. The largest absolute Gasteiger partial charge is 0.393 e. The lowest BCUT2D eigenvalue weighted by Crippen LogP contribution is -2.30. The number of hydrogen-bond acceptors (Lipinski definition) is 3. The van der Waals surface area contributed by atoms with Gasteiger partial charge in [0.1, 0.15) is 5.82 Å². The Morgan fingerprint density at radius 3 is 2.89 bits per heavy atom. The van der Waals surface area contributed by atoms with Crippen LogP contribution in [0, 0.1) is 11.7 Å². The van der Waals surface area contributed by atoms with Gasteiger partial charge in [-0.3, -0.25) is 4.79 Å². The van der Waals surface area contributed by atoms with Crippen molar-refractivity contribution < 1.29 is 14.3 Å². The summed E-state index contributed by atoms with van der Waals surface area (Å²) in [6, 6.07) is 6.44. The molecular formula is C14H18FNO2S. The van der Waals surface area contributed by atoms with E-state index < -0.39 is 0 Å². The molecule has 1 aromatic carbocycles. The zero-order valence-corrected chi connectivity index (χ0v) is 11.5. The van der Waals surface area contributed by atoms with E-state index >= 15 is 0 Å². The maximum atomic E-state index is 13.3. The minimum absolute atomic E-state index is 0.0883. The molecule has 2 atom stereocenters. The Kier molecular flexibility index (Phi) is 5.22. The first kappa shape index (κ1) is 14.3. The van der Waals surface area contributed by atoms with Gasteiger partial charge in [-0.1, -0.05) is 12.1 Å². The summed E-state index contributed by atoms with van der Waals surface area (Å²) in [6.45, 7) is 0.605. The third-order valence-electron chi connectivity index (χ3n) is 3.30. The van der Waals surface area contributed by atoms with E-state index in [1.165, 1.54) is 17.8 Å². The SMILES string of the molecule is O=C(CSc1ccccc1F)NCC1CCC(O)C1.